The molecule has 20 heavy (non-hydrogen) atoms. The number of anilines is 2. The normalized spacial score (nSPS) is 18.4. The van der Waals surface area contributed by atoms with Crippen molar-refractivity contribution in [2.24, 2.45) is 5.73 Å². The monoisotopic (exact) mass is 273 g/mol. The Morgan fingerprint density at radius 2 is 2.10 bits per heavy atom. The molecule has 0 unspecified atom stereocenters. The number of carbonyl (C=O) groups is 1. The van der Waals surface area contributed by atoms with Crippen molar-refractivity contribution in [2.45, 2.75) is 44.6 Å². The van der Waals surface area contributed by atoms with E-state index >= 15 is 0 Å². The summed E-state index contributed by atoms with van der Waals surface area (Å²) in [5, 5.41) is 3.51. The van der Waals surface area contributed by atoms with Crippen LogP contribution in [0.4, 0.5) is 11.4 Å². The van der Waals surface area contributed by atoms with Crippen LogP contribution in [0.3, 0.4) is 0 Å². The highest BCUT2D eigenvalue weighted by molar-refractivity contribution is 5.83. The van der Waals surface area contributed by atoms with Gasteiger partial charge in [-0.1, -0.05) is 25.0 Å². The highest BCUT2D eigenvalue weighted by atomic mass is 16.1. The molecule has 1 aliphatic heterocycles. The van der Waals surface area contributed by atoms with E-state index in [-0.39, 0.29) is 5.91 Å². The summed E-state index contributed by atoms with van der Waals surface area (Å²) in [7, 11) is 0. The molecule has 0 saturated heterocycles. The van der Waals surface area contributed by atoms with Gasteiger partial charge in [0.2, 0.25) is 5.91 Å². The smallest absolute Gasteiger partial charge is 0.236 e. The van der Waals surface area contributed by atoms with Crippen molar-refractivity contribution in [2.75, 3.05) is 23.3 Å². The first-order chi connectivity index (χ1) is 9.75. The Bertz CT molecular complexity index is 494. The number of nitrogens with one attached hydrogen (secondary N) is 1. The number of para-hydroxylation sites is 1. The zero-order chi connectivity index (χ0) is 13.9. The van der Waals surface area contributed by atoms with Gasteiger partial charge in [0.25, 0.3) is 0 Å². The molecule has 0 aromatic heterocycles. The standard InChI is InChI=1S/C16H23N3O/c17-15(20)11-19(13-7-1-2-8-13)14-9-3-5-12-6-4-10-18-16(12)14/h3,5,9,13,18H,1-2,4,6-8,10-11H2,(H2,17,20). The van der Waals surface area contributed by atoms with Crippen molar-refractivity contribution in [3.05, 3.63) is 23.8 Å². The number of hydrogen-bond donors (Lipinski definition) is 2. The fourth-order valence-electron chi connectivity index (χ4n) is 3.53. The number of nitrogens with two attached hydrogens (primary N) is 1. The molecule has 4 heteroatoms. The summed E-state index contributed by atoms with van der Waals surface area (Å²) < 4.78 is 0. The summed E-state index contributed by atoms with van der Waals surface area (Å²) >= 11 is 0. The lowest BCUT2D eigenvalue weighted by Gasteiger charge is -2.33. The summed E-state index contributed by atoms with van der Waals surface area (Å²) in [5.41, 5.74) is 9.21. The fourth-order valence-corrected chi connectivity index (χ4v) is 3.53. The highest BCUT2D eigenvalue weighted by Gasteiger charge is 2.27. The average molecular weight is 273 g/mol. The van der Waals surface area contributed by atoms with Gasteiger partial charge in [-0.2, -0.15) is 0 Å². The summed E-state index contributed by atoms with van der Waals surface area (Å²) in [5.74, 6) is -0.245. The third-order valence-corrected chi connectivity index (χ3v) is 4.45. The Balaban J connectivity index is 1.95. The molecule has 108 valence electrons. The van der Waals surface area contributed by atoms with E-state index in [4.69, 9.17) is 5.73 Å². The van der Waals surface area contributed by atoms with E-state index < -0.39 is 0 Å². The molecule has 0 spiro atoms. The van der Waals surface area contributed by atoms with Gasteiger partial charge in [-0.3, -0.25) is 4.79 Å². The van der Waals surface area contributed by atoms with Crippen LogP contribution in [0.25, 0.3) is 0 Å². The number of nitrogens with zero attached hydrogens (tertiary/aromatic N) is 1. The van der Waals surface area contributed by atoms with Crippen molar-refractivity contribution in [3.8, 4) is 0 Å². The molecule has 1 aromatic rings. The summed E-state index contributed by atoms with van der Waals surface area (Å²) in [4.78, 5) is 13.7. The molecule has 0 atom stereocenters. The van der Waals surface area contributed by atoms with Gasteiger partial charge in [-0.25, -0.2) is 0 Å². The second-order valence-electron chi connectivity index (χ2n) is 5.87. The van der Waals surface area contributed by atoms with Crippen LogP contribution in [0.2, 0.25) is 0 Å². The Morgan fingerprint density at radius 1 is 1.30 bits per heavy atom. The van der Waals surface area contributed by atoms with E-state index in [0.29, 0.717) is 12.6 Å². The first-order valence-corrected chi connectivity index (χ1v) is 7.66. The lowest BCUT2D eigenvalue weighted by atomic mass is 10.0. The van der Waals surface area contributed by atoms with Crippen molar-refractivity contribution in [1.82, 2.24) is 0 Å². The van der Waals surface area contributed by atoms with Gasteiger partial charge in [0.05, 0.1) is 17.9 Å². The van der Waals surface area contributed by atoms with E-state index in [1.165, 1.54) is 30.5 Å². The zero-order valence-corrected chi connectivity index (χ0v) is 11.9. The van der Waals surface area contributed by atoms with Crippen LogP contribution in [-0.2, 0) is 11.2 Å². The van der Waals surface area contributed by atoms with Crippen LogP contribution in [0.15, 0.2) is 18.2 Å². The number of aryl methyl sites for hydroxylation is 1. The molecule has 1 heterocycles. The van der Waals surface area contributed by atoms with Crippen LogP contribution in [0.1, 0.15) is 37.7 Å². The number of hydrogen-bond acceptors (Lipinski definition) is 3. The topological polar surface area (TPSA) is 58.4 Å². The lowest BCUT2D eigenvalue weighted by Crippen LogP contribution is -2.40. The van der Waals surface area contributed by atoms with Gasteiger partial charge >= 0.3 is 0 Å². The number of amides is 1. The first kappa shape index (κ1) is 13.3. The quantitative estimate of drug-likeness (QED) is 0.885. The van der Waals surface area contributed by atoms with Crippen LogP contribution in [0.5, 0.6) is 0 Å². The number of primary amides is 1. The molecule has 0 radical (unpaired) electrons. The molecule has 3 rings (SSSR count). The molecular formula is C16H23N3O. The molecular weight excluding hydrogens is 250 g/mol. The molecule has 3 N–H and O–H groups in total. The van der Waals surface area contributed by atoms with Crippen LogP contribution in [0, 0.1) is 0 Å². The van der Waals surface area contributed by atoms with Gasteiger partial charge in [0, 0.05) is 12.6 Å². The number of benzene rings is 1. The fraction of sp³-hybridized carbons (Fsp3) is 0.562. The molecule has 1 amide bonds. The minimum absolute atomic E-state index is 0.245. The van der Waals surface area contributed by atoms with E-state index in [2.05, 4.69) is 28.4 Å². The van der Waals surface area contributed by atoms with E-state index in [1.54, 1.807) is 0 Å². The largest absolute Gasteiger partial charge is 0.383 e. The average Bonchev–Trinajstić information content (AvgIpc) is 2.98. The summed E-state index contributed by atoms with van der Waals surface area (Å²) in [6.07, 6.45) is 7.12. The number of fused-ring (bicyclic) bond motifs is 1. The van der Waals surface area contributed by atoms with E-state index in [0.717, 1.165) is 31.5 Å². The van der Waals surface area contributed by atoms with Gasteiger partial charge in [-0.05, 0) is 37.3 Å². The number of carbonyl (C=O) groups excluding carboxylic acids is 1. The minimum Gasteiger partial charge on any atom is -0.383 e. The Morgan fingerprint density at radius 3 is 2.85 bits per heavy atom. The molecule has 2 aliphatic rings. The van der Waals surface area contributed by atoms with Gasteiger partial charge < -0.3 is 16.0 Å². The third-order valence-electron chi connectivity index (χ3n) is 4.45. The Kier molecular flexibility index (Phi) is 3.81. The third kappa shape index (κ3) is 2.60. The predicted molar refractivity (Wildman–Crippen MR) is 82.0 cm³/mol. The molecule has 1 aromatic carbocycles. The lowest BCUT2D eigenvalue weighted by molar-refractivity contribution is -0.116. The SMILES string of the molecule is NC(=O)CN(c1cccc2c1NCCC2)C1CCCC1. The van der Waals surface area contributed by atoms with Crippen LogP contribution < -0.4 is 16.0 Å². The maximum absolute atomic E-state index is 11.5. The van der Waals surface area contributed by atoms with E-state index in [9.17, 15) is 4.79 Å². The molecule has 1 saturated carbocycles. The molecule has 1 aliphatic carbocycles. The van der Waals surface area contributed by atoms with Crippen molar-refractivity contribution in [3.63, 3.8) is 0 Å². The maximum Gasteiger partial charge on any atom is 0.236 e. The zero-order valence-electron chi connectivity index (χ0n) is 11.9. The van der Waals surface area contributed by atoms with Gasteiger partial charge in [0.1, 0.15) is 0 Å². The molecule has 4 nitrogen and oxygen atoms in total. The summed E-state index contributed by atoms with van der Waals surface area (Å²) in [6.45, 7) is 1.34. The Hall–Kier alpha value is -1.71. The molecule has 0 bridgehead atoms. The summed E-state index contributed by atoms with van der Waals surface area (Å²) in [6, 6.07) is 6.86. The van der Waals surface area contributed by atoms with Crippen molar-refractivity contribution in [1.29, 1.82) is 0 Å². The first-order valence-electron chi connectivity index (χ1n) is 7.66. The van der Waals surface area contributed by atoms with Crippen LogP contribution >= 0.6 is 0 Å². The molecule has 1 fully saturated rings. The van der Waals surface area contributed by atoms with Gasteiger partial charge in [-0.15, -0.1) is 0 Å². The van der Waals surface area contributed by atoms with Gasteiger partial charge in [0.15, 0.2) is 0 Å². The Labute approximate surface area is 120 Å². The maximum atomic E-state index is 11.5. The van der Waals surface area contributed by atoms with E-state index in [1.807, 2.05) is 0 Å². The highest BCUT2D eigenvalue weighted by Crippen LogP contribution is 2.36. The number of rotatable bonds is 4. The van der Waals surface area contributed by atoms with Crippen molar-refractivity contribution >= 4 is 17.3 Å². The second kappa shape index (κ2) is 5.73. The van der Waals surface area contributed by atoms with Crippen molar-refractivity contribution < 1.29 is 4.79 Å². The predicted octanol–water partition coefficient (Wildman–Crippen LogP) is 2.28. The minimum atomic E-state index is -0.245. The van der Waals surface area contributed by atoms with Crippen LogP contribution in [-0.4, -0.2) is 25.0 Å². The second-order valence-corrected chi connectivity index (χ2v) is 5.87.